The minimum Gasteiger partial charge on any atom is -0.481 e. The third-order valence-electron chi connectivity index (χ3n) is 3.53. The lowest BCUT2D eigenvalue weighted by Gasteiger charge is -2.27. The van der Waals surface area contributed by atoms with Crippen LogP contribution in [0.4, 0.5) is 0 Å². The van der Waals surface area contributed by atoms with Crippen LogP contribution in [-0.2, 0) is 17.6 Å². The molecule has 0 aromatic heterocycles. The van der Waals surface area contributed by atoms with Gasteiger partial charge >= 0.3 is 5.97 Å². The summed E-state index contributed by atoms with van der Waals surface area (Å²) in [5, 5.41) is 9.75. The fourth-order valence-electron chi connectivity index (χ4n) is 2.38. The van der Waals surface area contributed by atoms with Gasteiger partial charge in [0.2, 0.25) is 0 Å². The number of aliphatic carboxylic acids is 1. The van der Waals surface area contributed by atoms with Crippen LogP contribution in [0.15, 0.2) is 18.2 Å². The summed E-state index contributed by atoms with van der Waals surface area (Å²) in [4.78, 5) is 11.0. The molecule has 3 heteroatoms. The van der Waals surface area contributed by atoms with Crippen molar-refractivity contribution in [2.45, 2.75) is 26.2 Å². The minimum atomic E-state index is -0.699. The molecule has 0 radical (unpaired) electrons. The van der Waals surface area contributed by atoms with E-state index >= 15 is 0 Å². The Morgan fingerprint density at radius 2 is 2.25 bits per heavy atom. The Labute approximate surface area is 100 Å². The second kappa shape index (κ2) is 4.46. The second-order valence-electron chi connectivity index (χ2n) is 4.54. The molecule has 0 spiro atoms. The first-order chi connectivity index (χ1) is 7.58. The van der Waals surface area contributed by atoms with Crippen molar-refractivity contribution in [3.8, 4) is 0 Å². The van der Waals surface area contributed by atoms with Crippen molar-refractivity contribution in [2.75, 3.05) is 0 Å². The molecule has 86 valence electrons. The smallest absolute Gasteiger partial charge is 0.306 e. The van der Waals surface area contributed by atoms with E-state index in [1.807, 2.05) is 12.1 Å². The molecular formula is C13H15ClO2. The van der Waals surface area contributed by atoms with Gasteiger partial charge in [-0.2, -0.15) is 0 Å². The Morgan fingerprint density at radius 1 is 1.50 bits per heavy atom. The average molecular weight is 239 g/mol. The van der Waals surface area contributed by atoms with E-state index in [-0.39, 0.29) is 11.8 Å². The molecule has 2 atom stereocenters. The van der Waals surface area contributed by atoms with Crippen molar-refractivity contribution in [3.63, 3.8) is 0 Å². The van der Waals surface area contributed by atoms with Gasteiger partial charge < -0.3 is 5.11 Å². The zero-order valence-electron chi connectivity index (χ0n) is 9.24. The van der Waals surface area contributed by atoms with Crippen molar-refractivity contribution in [1.29, 1.82) is 0 Å². The standard InChI is InChI=1S/C13H15ClO2/c1-8(13(15)16)10-3-2-9-4-5-12(14)7-11(9)6-10/h4-5,7-8,10H,2-3,6H2,1H3,(H,15,16). The number of hydrogen-bond acceptors (Lipinski definition) is 1. The van der Waals surface area contributed by atoms with E-state index in [4.69, 9.17) is 16.7 Å². The molecule has 1 aliphatic rings. The van der Waals surface area contributed by atoms with Crippen LogP contribution in [0.25, 0.3) is 0 Å². The van der Waals surface area contributed by atoms with E-state index in [1.54, 1.807) is 6.92 Å². The van der Waals surface area contributed by atoms with Crippen molar-refractivity contribution < 1.29 is 9.90 Å². The number of carbonyl (C=O) groups is 1. The molecule has 0 aliphatic heterocycles. The molecular weight excluding hydrogens is 224 g/mol. The first kappa shape index (κ1) is 11.5. The minimum absolute atomic E-state index is 0.239. The number of aryl methyl sites for hydroxylation is 1. The van der Waals surface area contributed by atoms with Crippen LogP contribution < -0.4 is 0 Å². The molecule has 1 aliphatic carbocycles. The monoisotopic (exact) mass is 238 g/mol. The highest BCUT2D eigenvalue weighted by Gasteiger charge is 2.27. The van der Waals surface area contributed by atoms with Gasteiger partial charge in [0.15, 0.2) is 0 Å². The first-order valence-electron chi connectivity index (χ1n) is 5.58. The Morgan fingerprint density at radius 3 is 2.94 bits per heavy atom. The van der Waals surface area contributed by atoms with E-state index in [1.165, 1.54) is 11.1 Å². The SMILES string of the molecule is CC(C(=O)O)C1CCc2ccc(Cl)cc2C1. The van der Waals surface area contributed by atoms with Crippen LogP contribution in [0.3, 0.4) is 0 Å². The number of fused-ring (bicyclic) bond motifs is 1. The number of benzene rings is 1. The predicted molar refractivity (Wildman–Crippen MR) is 63.8 cm³/mol. The van der Waals surface area contributed by atoms with Crippen molar-refractivity contribution in [1.82, 2.24) is 0 Å². The molecule has 2 unspecified atom stereocenters. The molecule has 2 rings (SSSR count). The fraction of sp³-hybridized carbons (Fsp3) is 0.462. The molecule has 1 aromatic carbocycles. The predicted octanol–water partition coefficient (Wildman–Crippen LogP) is 3.17. The summed E-state index contributed by atoms with van der Waals surface area (Å²) in [6.45, 7) is 1.79. The largest absolute Gasteiger partial charge is 0.481 e. The Balaban J connectivity index is 2.19. The van der Waals surface area contributed by atoms with Gasteiger partial charge in [-0.25, -0.2) is 0 Å². The van der Waals surface area contributed by atoms with E-state index < -0.39 is 5.97 Å². The zero-order valence-corrected chi connectivity index (χ0v) is 10.00. The summed E-state index contributed by atoms with van der Waals surface area (Å²) in [5.41, 5.74) is 2.54. The van der Waals surface area contributed by atoms with Gasteiger partial charge in [-0.1, -0.05) is 24.6 Å². The average Bonchev–Trinajstić information content (AvgIpc) is 2.26. The van der Waals surface area contributed by atoms with Crippen LogP contribution in [-0.4, -0.2) is 11.1 Å². The molecule has 0 amide bonds. The summed E-state index contributed by atoms with van der Waals surface area (Å²) in [6.07, 6.45) is 2.76. The zero-order chi connectivity index (χ0) is 11.7. The number of carboxylic acid groups (broad SMARTS) is 1. The molecule has 0 bridgehead atoms. The molecule has 0 heterocycles. The third kappa shape index (κ3) is 2.22. The molecule has 0 saturated carbocycles. The molecule has 0 saturated heterocycles. The maximum absolute atomic E-state index is 11.0. The van der Waals surface area contributed by atoms with E-state index in [9.17, 15) is 4.79 Å². The van der Waals surface area contributed by atoms with Crippen LogP contribution in [0.1, 0.15) is 24.5 Å². The maximum Gasteiger partial charge on any atom is 0.306 e. The summed E-state index contributed by atoms with van der Waals surface area (Å²) in [5.74, 6) is -0.730. The van der Waals surface area contributed by atoms with Gasteiger partial charge in [0.1, 0.15) is 0 Å². The Bertz CT molecular complexity index is 414. The normalized spacial score (nSPS) is 21.2. The number of halogens is 1. The maximum atomic E-state index is 11.0. The number of rotatable bonds is 2. The quantitative estimate of drug-likeness (QED) is 0.859. The van der Waals surface area contributed by atoms with Gasteiger partial charge in [-0.15, -0.1) is 0 Å². The molecule has 2 nitrogen and oxygen atoms in total. The van der Waals surface area contributed by atoms with Gasteiger partial charge in [0.05, 0.1) is 5.92 Å². The molecule has 16 heavy (non-hydrogen) atoms. The van der Waals surface area contributed by atoms with Gasteiger partial charge in [-0.05, 0) is 48.4 Å². The topological polar surface area (TPSA) is 37.3 Å². The van der Waals surface area contributed by atoms with Crippen LogP contribution in [0.2, 0.25) is 5.02 Å². The first-order valence-corrected chi connectivity index (χ1v) is 5.96. The number of hydrogen-bond donors (Lipinski definition) is 1. The van der Waals surface area contributed by atoms with Crippen molar-refractivity contribution >= 4 is 17.6 Å². The lowest BCUT2D eigenvalue weighted by atomic mass is 9.78. The summed E-state index contributed by atoms with van der Waals surface area (Å²) in [6, 6.07) is 5.93. The van der Waals surface area contributed by atoms with Crippen molar-refractivity contribution in [2.24, 2.45) is 11.8 Å². The highest BCUT2D eigenvalue weighted by Crippen LogP contribution is 2.31. The van der Waals surface area contributed by atoms with Crippen LogP contribution in [0, 0.1) is 11.8 Å². The summed E-state index contributed by atoms with van der Waals surface area (Å²) >= 11 is 5.95. The summed E-state index contributed by atoms with van der Waals surface area (Å²) in [7, 11) is 0. The molecule has 0 fully saturated rings. The lowest BCUT2D eigenvalue weighted by molar-refractivity contribution is -0.143. The fourth-order valence-corrected chi connectivity index (χ4v) is 2.58. The van der Waals surface area contributed by atoms with E-state index in [2.05, 4.69) is 6.07 Å². The van der Waals surface area contributed by atoms with E-state index in [0.29, 0.717) is 0 Å². The Kier molecular flexibility index (Phi) is 3.20. The van der Waals surface area contributed by atoms with Crippen LogP contribution >= 0.6 is 11.6 Å². The van der Waals surface area contributed by atoms with Gasteiger partial charge in [0, 0.05) is 5.02 Å². The van der Waals surface area contributed by atoms with E-state index in [0.717, 1.165) is 24.3 Å². The van der Waals surface area contributed by atoms with Gasteiger partial charge in [0.25, 0.3) is 0 Å². The third-order valence-corrected chi connectivity index (χ3v) is 3.77. The highest BCUT2D eigenvalue weighted by molar-refractivity contribution is 6.30. The Hall–Kier alpha value is -1.02. The molecule has 1 N–H and O–H groups in total. The molecule has 1 aromatic rings. The lowest BCUT2D eigenvalue weighted by Crippen LogP contribution is -2.26. The van der Waals surface area contributed by atoms with Gasteiger partial charge in [-0.3, -0.25) is 4.79 Å². The second-order valence-corrected chi connectivity index (χ2v) is 4.98. The van der Waals surface area contributed by atoms with Crippen LogP contribution in [0.5, 0.6) is 0 Å². The van der Waals surface area contributed by atoms with Crippen molar-refractivity contribution in [3.05, 3.63) is 34.3 Å². The highest BCUT2D eigenvalue weighted by atomic mass is 35.5. The summed E-state index contributed by atoms with van der Waals surface area (Å²) < 4.78 is 0. The number of carboxylic acids is 1.